The average molecular weight is 360 g/mol. The molecule has 0 bridgehead atoms. The summed E-state index contributed by atoms with van der Waals surface area (Å²) in [7, 11) is 0. The Kier molecular flexibility index (Phi) is 7.01. The number of benzene rings is 2. The van der Waals surface area contributed by atoms with E-state index >= 15 is 0 Å². The molecule has 0 aliphatic carbocycles. The van der Waals surface area contributed by atoms with Crippen molar-refractivity contribution in [1.82, 2.24) is 10.6 Å². The van der Waals surface area contributed by atoms with Crippen LogP contribution in [0.25, 0.3) is 0 Å². The van der Waals surface area contributed by atoms with E-state index in [1.807, 2.05) is 24.5 Å². The fourth-order valence-electron chi connectivity index (χ4n) is 2.26. The van der Waals surface area contributed by atoms with Gasteiger partial charge in [-0.25, -0.2) is 4.39 Å². The van der Waals surface area contributed by atoms with Crippen molar-refractivity contribution in [1.29, 1.82) is 0 Å². The molecule has 0 aliphatic rings. The molecule has 0 saturated carbocycles. The summed E-state index contributed by atoms with van der Waals surface area (Å²) in [6.07, 6.45) is 2.01. The molecule has 0 spiro atoms. The molecule has 2 rings (SSSR count). The second-order valence-electron chi connectivity index (χ2n) is 5.61. The van der Waals surface area contributed by atoms with Gasteiger partial charge in [0.2, 0.25) is 0 Å². The summed E-state index contributed by atoms with van der Waals surface area (Å²) in [4.78, 5) is 24.1. The van der Waals surface area contributed by atoms with E-state index < -0.39 is 5.82 Å². The van der Waals surface area contributed by atoms with Crippen LogP contribution in [0.3, 0.4) is 0 Å². The Morgan fingerprint density at radius 2 is 1.64 bits per heavy atom. The maximum atomic E-state index is 13.5. The van der Waals surface area contributed by atoms with Gasteiger partial charge in [0.05, 0.1) is 0 Å². The van der Waals surface area contributed by atoms with E-state index in [9.17, 15) is 14.0 Å². The lowest BCUT2D eigenvalue weighted by Gasteiger charge is -2.08. The number of carbonyl (C=O) groups is 2. The third kappa shape index (κ3) is 5.60. The highest BCUT2D eigenvalue weighted by Crippen LogP contribution is 2.11. The highest BCUT2D eigenvalue weighted by molar-refractivity contribution is 7.97. The van der Waals surface area contributed by atoms with Gasteiger partial charge in [-0.05, 0) is 48.6 Å². The molecule has 0 atom stereocenters. The molecule has 2 amide bonds. The molecule has 0 aliphatic heterocycles. The number of halogens is 1. The zero-order valence-electron chi connectivity index (χ0n) is 14.3. The number of carbonyl (C=O) groups excluding carboxylic acids is 2. The van der Waals surface area contributed by atoms with Crippen molar-refractivity contribution in [2.75, 3.05) is 19.3 Å². The molecule has 2 aromatic rings. The topological polar surface area (TPSA) is 58.2 Å². The van der Waals surface area contributed by atoms with Gasteiger partial charge >= 0.3 is 0 Å². The second-order valence-corrected chi connectivity index (χ2v) is 6.48. The van der Waals surface area contributed by atoms with Gasteiger partial charge in [0, 0.05) is 30.0 Å². The zero-order chi connectivity index (χ0) is 18.2. The van der Waals surface area contributed by atoms with Crippen molar-refractivity contribution >= 4 is 23.6 Å². The lowest BCUT2D eigenvalue weighted by atomic mass is 10.1. The lowest BCUT2D eigenvalue weighted by Crippen LogP contribution is -2.34. The van der Waals surface area contributed by atoms with E-state index in [2.05, 4.69) is 10.6 Å². The van der Waals surface area contributed by atoms with Gasteiger partial charge in [-0.15, -0.1) is 0 Å². The molecule has 132 valence electrons. The molecule has 6 heteroatoms. The van der Waals surface area contributed by atoms with Crippen LogP contribution in [0.1, 0.15) is 31.8 Å². The number of aryl methyl sites for hydroxylation is 1. The van der Waals surface area contributed by atoms with E-state index in [0.29, 0.717) is 17.7 Å². The number of rotatable bonds is 7. The van der Waals surface area contributed by atoms with Crippen LogP contribution < -0.4 is 10.6 Å². The van der Waals surface area contributed by atoms with Crippen LogP contribution in [0.2, 0.25) is 0 Å². The van der Waals surface area contributed by atoms with Gasteiger partial charge in [-0.3, -0.25) is 9.59 Å². The fraction of sp³-hybridized carbons (Fsp3) is 0.263. The summed E-state index contributed by atoms with van der Waals surface area (Å²) < 4.78 is 13.5. The molecule has 0 aromatic heterocycles. The minimum atomic E-state index is -0.411. The Balaban J connectivity index is 1.80. The van der Waals surface area contributed by atoms with Crippen molar-refractivity contribution in [3.63, 3.8) is 0 Å². The maximum absolute atomic E-state index is 13.5. The van der Waals surface area contributed by atoms with Crippen LogP contribution in [-0.2, 0) is 5.75 Å². The van der Waals surface area contributed by atoms with Crippen molar-refractivity contribution in [2.24, 2.45) is 0 Å². The van der Waals surface area contributed by atoms with Crippen LogP contribution in [0, 0.1) is 12.7 Å². The minimum absolute atomic E-state index is 0.182. The molecular formula is C19H21FN2O2S. The highest BCUT2D eigenvalue weighted by Gasteiger charge is 2.09. The van der Waals surface area contributed by atoms with Gasteiger partial charge in [0.15, 0.2) is 0 Å². The Morgan fingerprint density at radius 1 is 1.00 bits per heavy atom. The molecule has 0 heterocycles. The Labute approximate surface area is 151 Å². The largest absolute Gasteiger partial charge is 0.350 e. The Bertz CT molecular complexity index is 765. The summed E-state index contributed by atoms with van der Waals surface area (Å²) in [6.45, 7) is 2.21. The van der Waals surface area contributed by atoms with E-state index in [1.54, 1.807) is 36.9 Å². The molecule has 0 saturated heterocycles. The highest BCUT2D eigenvalue weighted by atomic mass is 32.2. The number of nitrogens with one attached hydrogen (secondary N) is 2. The first-order chi connectivity index (χ1) is 12.0. The summed E-state index contributed by atoms with van der Waals surface area (Å²) in [5.74, 6) is -0.107. The number of thioether (sulfide) groups is 1. The molecule has 0 unspecified atom stereocenters. The van der Waals surface area contributed by atoms with Gasteiger partial charge in [-0.1, -0.05) is 18.2 Å². The third-order valence-corrected chi connectivity index (χ3v) is 4.25. The van der Waals surface area contributed by atoms with Crippen LogP contribution >= 0.6 is 11.8 Å². The molecule has 0 fully saturated rings. The molecular weight excluding hydrogens is 339 g/mol. The smallest absolute Gasteiger partial charge is 0.251 e. The fourth-order valence-corrected chi connectivity index (χ4v) is 2.77. The zero-order valence-corrected chi connectivity index (χ0v) is 15.1. The van der Waals surface area contributed by atoms with Gasteiger partial charge in [0.25, 0.3) is 11.8 Å². The van der Waals surface area contributed by atoms with Crippen LogP contribution in [-0.4, -0.2) is 31.2 Å². The van der Waals surface area contributed by atoms with Crippen molar-refractivity contribution in [3.05, 3.63) is 70.5 Å². The van der Waals surface area contributed by atoms with E-state index in [4.69, 9.17) is 0 Å². The van der Waals surface area contributed by atoms with E-state index in [-0.39, 0.29) is 23.9 Å². The SMILES string of the molecule is CSCc1cccc(C(=O)NCCNC(=O)c2ccc(C)c(F)c2)c1. The summed E-state index contributed by atoms with van der Waals surface area (Å²) in [6, 6.07) is 11.8. The summed E-state index contributed by atoms with van der Waals surface area (Å²) in [5.41, 5.74) is 2.44. The number of hydrogen-bond donors (Lipinski definition) is 2. The van der Waals surface area contributed by atoms with Gasteiger partial charge in [-0.2, -0.15) is 11.8 Å². The Morgan fingerprint density at radius 3 is 2.24 bits per heavy atom. The van der Waals surface area contributed by atoms with Crippen molar-refractivity contribution in [3.8, 4) is 0 Å². The van der Waals surface area contributed by atoms with E-state index in [1.165, 1.54) is 6.07 Å². The average Bonchev–Trinajstić information content (AvgIpc) is 2.61. The normalized spacial score (nSPS) is 10.4. The van der Waals surface area contributed by atoms with Crippen LogP contribution in [0.15, 0.2) is 42.5 Å². The van der Waals surface area contributed by atoms with E-state index in [0.717, 1.165) is 11.3 Å². The monoisotopic (exact) mass is 360 g/mol. The minimum Gasteiger partial charge on any atom is -0.350 e. The number of amides is 2. The third-order valence-electron chi connectivity index (χ3n) is 3.63. The van der Waals surface area contributed by atoms with Crippen molar-refractivity contribution in [2.45, 2.75) is 12.7 Å². The summed E-state index contributed by atoms with van der Waals surface area (Å²) in [5, 5.41) is 5.42. The molecule has 25 heavy (non-hydrogen) atoms. The summed E-state index contributed by atoms with van der Waals surface area (Å²) >= 11 is 1.69. The first kappa shape index (κ1) is 19.0. The predicted molar refractivity (Wildman–Crippen MR) is 99.5 cm³/mol. The predicted octanol–water partition coefficient (Wildman–Crippen LogP) is 3.16. The standard InChI is InChI=1S/C19H21FN2O2S/c1-13-6-7-16(11-17(13)20)19(24)22-9-8-21-18(23)15-5-3-4-14(10-15)12-25-2/h3-7,10-11H,8-9,12H2,1-2H3,(H,21,23)(H,22,24). The van der Waals surface area contributed by atoms with Crippen molar-refractivity contribution < 1.29 is 14.0 Å². The second kappa shape index (κ2) is 9.22. The lowest BCUT2D eigenvalue weighted by molar-refractivity contribution is 0.0927. The van der Waals surface area contributed by atoms with Crippen LogP contribution in [0.4, 0.5) is 4.39 Å². The first-order valence-electron chi connectivity index (χ1n) is 7.91. The molecule has 2 aromatic carbocycles. The molecule has 4 nitrogen and oxygen atoms in total. The van der Waals surface area contributed by atoms with Crippen LogP contribution in [0.5, 0.6) is 0 Å². The molecule has 0 radical (unpaired) electrons. The molecule has 2 N–H and O–H groups in total. The number of hydrogen-bond acceptors (Lipinski definition) is 3. The quantitative estimate of drug-likeness (QED) is 0.746. The Hall–Kier alpha value is -2.34. The first-order valence-corrected chi connectivity index (χ1v) is 9.31. The maximum Gasteiger partial charge on any atom is 0.251 e. The van der Waals surface area contributed by atoms with Gasteiger partial charge in [0.1, 0.15) is 5.82 Å². The van der Waals surface area contributed by atoms with Gasteiger partial charge < -0.3 is 10.6 Å².